The van der Waals surface area contributed by atoms with Crippen molar-refractivity contribution in [2.24, 2.45) is 16.3 Å². The first-order chi connectivity index (χ1) is 17.3. The van der Waals surface area contributed by atoms with E-state index in [1.165, 1.54) is 10.4 Å². The normalized spacial score (nSPS) is 15.2. The van der Waals surface area contributed by atoms with Crippen LogP contribution in [0.5, 0.6) is 11.5 Å². The Morgan fingerprint density at radius 2 is 1.97 bits per heavy atom. The number of benzene rings is 2. The van der Waals surface area contributed by atoms with Gasteiger partial charge in [-0.25, -0.2) is 4.99 Å². The number of ether oxygens (including phenoxy) is 2. The van der Waals surface area contributed by atoms with Gasteiger partial charge in [0.05, 0.1) is 18.4 Å². The second kappa shape index (κ2) is 11.0. The highest BCUT2D eigenvalue weighted by Crippen LogP contribution is 2.44. The van der Waals surface area contributed by atoms with Crippen LogP contribution in [0.25, 0.3) is 0 Å². The van der Waals surface area contributed by atoms with Gasteiger partial charge in [0.1, 0.15) is 22.6 Å². The van der Waals surface area contributed by atoms with Crippen LogP contribution >= 0.6 is 11.3 Å². The Balaban J connectivity index is 1.37. The van der Waals surface area contributed by atoms with Crippen molar-refractivity contribution in [3.05, 3.63) is 70.1 Å². The molecule has 1 atom stereocenters. The molecule has 1 aliphatic rings. The van der Waals surface area contributed by atoms with Crippen LogP contribution in [-0.4, -0.2) is 25.8 Å². The van der Waals surface area contributed by atoms with Crippen LogP contribution in [0, 0.1) is 22.7 Å². The number of nitrogens with one attached hydrogen (secondary N) is 1. The maximum absolute atomic E-state index is 12.3. The molecule has 186 valence electrons. The van der Waals surface area contributed by atoms with Gasteiger partial charge < -0.3 is 14.8 Å². The zero-order chi connectivity index (χ0) is 25.7. The SMILES string of the molecule is COc1ccccc1NC(=O)COc1ccc(C=Nc2sc3c(c2C#N)CC[C@@H](C(C)(C)C)C3)cc1. The fourth-order valence-electron chi connectivity index (χ4n) is 4.38. The van der Waals surface area contributed by atoms with E-state index >= 15 is 0 Å². The van der Waals surface area contributed by atoms with Gasteiger partial charge in [-0.2, -0.15) is 5.26 Å². The molecule has 6 nitrogen and oxygen atoms in total. The van der Waals surface area contributed by atoms with E-state index in [-0.39, 0.29) is 17.9 Å². The minimum absolute atomic E-state index is 0.118. The number of methoxy groups -OCH3 is 1. The van der Waals surface area contributed by atoms with Crippen molar-refractivity contribution in [1.29, 1.82) is 5.26 Å². The largest absolute Gasteiger partial charge is 0.495 e. The Kier molecular flexibility index (Phi) is 7.76. The van der Waals surface area contributed by atoms with Crippen LogP contribution in [-0.2, 0) is 17.6 Å². The number of fused-ring (bicyclic) bond motifs is 1. The first-order valence-electron chi connectivity index (χ1n) is 12.0. The third-order valence-electron chi connectivity index (χ3n) is 6.55. The number of thiophene rings is 1. The molecular formula is C29H31N3O3S. The molecule has 1 aromatic heterocycles. The predicted octanol–water partition coefficient (Wildman–Crippen LogP) is 6.55. The Bertz CT molecular complexity index is 1300. The molecule has 0 saturated carbocycles. The minimum atomic E-state index is -0.274. The summed E-state index contributed by atoms with van der Waals surface area (Å²) in [4.78, 5) is 18.2. The number of rotatable bonds is 7. The van der Waals surface area contributed by atoms with Crippen LogP contribution in [0.2, 0.25) is 0 Å². The van der Waals surface area contributed by atoms with Gasteiger partial charge in [0.25, 0.3) is 5.91 Å². The molecule has 1 heterocycles. The van der Waals surface area contributed by atoms with Crippen molar-refractivity contribution in [2.75, 3.05) is 19.0 Å². The van der Waals surface area contributed by atoms with E-state index in [9.17, 15) is 10.1 Å². The molecule has 36 heavy (non-hydrogen) atoms. The van der Waals surface area contributed by atoms with Crippen LogP contribution < -0.4 is 14.8 Å². The van der Waals surface area contributed by atoms with Gasteiger partial charge in [0.15, 0.2) is 6.61 Å². The predicted molar refractivity (Wildman–Crippen MR) is 145 cm³/mol. The van der Waals surface area contributed by atoms with Crippen molar-refractivity contribution in [2.45, 2.75) is 40.0 Å². The number of nitriles is 1. The van der Waals surface area contributed by atoms with E-state index in [1.807, 2.05) is 24.3 Å². The van der Waals surface area contributed by atoms with Crippen molar-refractivity contribution in [3.8, 4) is 17.6 Å². The molecule has 1 N–H and O–H groups in total. The summed E-state index contributed by atoms with van der Waals surface area (Å²) in [6, 6.07) is 17.0. The van der Waals surface area contributed by atoms with Gasteiger partial charge in [0, 0.05) is 11.1 Å². The number of para-hydroxylation sites is 2. The van der Waals surface area contributed by atoms with Crippen LogP contribution in [0.3, 0.4) is 0 Å². The van der Waals surface area contributed by atoms with Crippen molar-refractivity contribution in [3.63, 3.8) is 0 Å². The minimum Gasteiger partial charge on any atom is -0.495 e. The summed E-state index contributed by atoms with van der Waals surface area (Å²) in [7, 11) is 1.56. The lowest BCUT2D eigenvalue weighted by Gasteiger charge is -2.33. The second-order valence-corrected chi connectivity index (χ2v) is 11.0. The molecule has 0 radical (unpaired) electrons. The number of amides is 1. The number of aliphatic imine (C=N–C) groups is 1. The number of carbonyl (C=O) groups excluding carboxylic acids is 1. The Labute approximate surface area is 216 Å². The highest BCUT2D eigenvalue weighted by Gasteiger charge is 2.32. The third-order valence-corrected chi connectivity index (χ3v) is 7.71. The average Bonchev–Trinajstić information content (AvgIpc) is 3.23. The summed E-state index contributed by atoms with van der Waals surface area (Å²) >= 11 is 1.64. The van der Waals surface area contributed by atoms with Gasteiger partial charge in [-0.3, -0.25) is 4.79 Å². The van der Waals surface area contributed by atoms with Gasteiger partial charge in [-0.1, -0.05) is 32.9 Å². The monoisotopic (exact) mass is 501 g/mol. The zero-order valence-electron chi connectivity index (χ0n) is 21.1. The molecular weight excluding hydrogens is 470 g/mol. The van der Waals surface area contributed by atoms with Crippen LogP contribution in [0.1, 0.15) is 48.8 Å². The molecule has 0 fully saturated rings. The van der Waals surface area contributed by atoms with Crippen molar-refractivity contribution in [1.82, 2.24) is 0 Å². The molecule has 0 unspecified atom stereocenters. The Hall–Kier alpha value is -3.63. The smallest absolute Gasteiger partial charge is 0.262 e. The zero-order valence-corrected chi connectivity index (χ0v) is 21.9. The molecule has 4 rings (SSSR count). The summed E-state index contributed by atoms with van der Waals surface area (Å²) in [5.41, 5.74) is 3.66. The maximum atomic E-state index is 12.3. The van der Waals surface area contributed by atoms with E-state index in [2.05, 4.69) is 37.1 Å². The van der Waals surface area contributed by atoms with Crippen LogP contribution in [0.4, 0.5) is 10.7 Å². The van der Waals surface area contributed by atoms with E-state index in [0.717, 1.165) is 35.4 Å². The quantitative estimate of drug-likeness (QED) is 0.372. The number of hydrogen-bond donors (Lipinski definition) is 1. The van der Waals surface area contributed by atoms with E-state index in [1.54, 1.807) is 48.9 Å². The standard InChI is InChI=1S/C29H31N3O3S/c1-29(2,3)20-11-14-22-23(16-30)28(36-26(22)15-20)31-17-19-9-12-21(13-10-19)35-18-27(33)32-24-7-5-6-8-25(24)34-4/h5-10,12-13,17,20H,11,14-15,18H2,1-4H3,(H,32,33)/t20-/m1/s1. The fraction of sp³-hybridized carbons (Fsp3) is 0.345. The van der Waals surface area contributed by atoms with Gasteiger partial charge in [0.2, 0.25) is 0 Å². The van der Waals surface area contributed by atoms with Crippen molar-refractivity contribution < 1.29 is 14.3 Å². The number of anilines is 1. The van der Waals surface area contributed by atoms with E-state index in [4.69, 9.17) is 9.47 Å². The summed E-state index contributed by atoms with van der Waals surface area (Å²) in [6.45, 7) is 6.76. The molecule has 1 aliphatic carbocycles. The molecule has 0 saturated heterocycles. The van der Waals surface area contributed by atoms with Crippen molar-refractivity contribution >= 4 is 34.1 Å². The lowest BCUT2D eigenvalue weighted by Crippen LogP contribution is -2.26. The first-order valence-corrected chi connectivity index (χ1v) is 12.8. The fourth-order valence-corrected chi connectivity index (χ4v) is 5.60. The number of nitrogens with zero attached hydrogens (tertiary/aromatic N) is 2. The highest BCUT2D eigenvalue weighted by molar-refractivity contribution is 7.16. The summed E-state index contributed by atoms with van der Waals surface area (Å²) in [5.74, 6) is 1.52. The third kappa shape index (κ3) is 5.95. The molecule has 3 aromatic rings. The van der Waals surface area contributed by atoms with Gasteiger partial charge in [-0.05, 0) is 78.1 Å². The highest BCUT2D eigenvalue weighted by atomic mass is 32.1. The summed E-state index contributed by atoms with van der Waals surface area (Å²) in [6.07, 6.45) is 4.86. The molecule has 0 spiro atoms. The molecule has 0 bridgehead atoms. The molecule has 7 heteroatoms. The second-order valence-electron chi connectivity index (χ2n) is 9.97. The average molecular weight is 502 g/mol. The topological polar surface area (TPSA) is 83.7 Å². The summed E-state index contributed by atoms with van der Waals surface area (Å²) in [5, 5.41) is 13.3. The van der Waals surface area contributed by atoms with E-state index in [0.29, 0.717) is 23.1 Å². The summed E-state index contributed by atoms with van der Waals surface area (Å²) < 4.78 is 10.9. The molecule has 0 aliphatic heterocycles. The van der Waals surface area contributed by atoms with E-state index < -0.39 is 0 Å². The lowest BCUT2D eigenvalue weighted by atomic mass is 9.72. The maximum Gasteiger partial charge on any atom is 0.262 e. The Morgan fingerprint density at radius 1 is 1.22 bits per heavy atom. The van der Waals surface area contributed by atoms with Gasteiger partial charge in [-0.15, -0.1) is 11.3 Å². The number of hydrogen-bond acceptors (Lipinski definition) is 6. The number of carbonyl (C=O) groups is 1. The van der Waals surface area contributed by atoms with Crippen LogP contribution in [0.15, 0.2) is 53.5 Å². The lowest BCUT2D eigenvalue weighted by molar-refractivity contribution is -0.118. The molecule has 2 aromatic carbocycles. The molecule has 1 amide bonds. The first kappa shape index (κ1) is 25.5. The van der Waals surface area contributed by atoms with Gasteiger partial charge >= 0.3 is 0 Å². The Morgan fingerprint density at radius 3 is 2.67 bits per heavy atom.